The smallest absolute Gasteiger partial charge is 0.326 e. The fourth-order valence-electron chi connectivity index (χ4n) is 2.16. The fraction of sp³-hybridized carbons (Fsp3) is 0.750. The molecule has 0 saturated heterocycles. The minimum atomic E-state index is -1.13. The Labute approximate surface area is 169 Å². The predicted octanol–water partition coefficient (Wildman–Crippen LogP) is -0.787. The summed E-state index contributed by atoms with van der Waals surface area (Å²) < 4.78 is 0. The topological polar surface area (TPSA) is 151 Å². The number of carbonyl (C=O) groups is 4. The Balaban J connectivity index is 5.19. The van der Waals surface area contributed by atoms with E-state index in [-0.39, 0.29) is 24.6 Å². The van der Waals surface area contributed by atoms with Gasteiger partial charge in [0.15, 0.2) is 0 Å². The van der Waals surface area contributed by atoms with Gasteiger partial charge in [-0.1, -0.05) is 20.3 Å². The van der Waals surface area contributed by atoms with Gasteiger partial charge < -0.3 is 26.8 Å². The molecule has 11 heteroatoms. The molecule has 0 aliphatic heterocycles. The molecule has 0 aliphatic carbocycles. The Morgan fingerprint density at radius 1 is 1.11 bits per heavy atom. The first-order valence-electron chi connectivity index (χ1n) is 8.64. The number of thiol groups is 1. The minimum Gasteiger partial charge on any atom is -0.480 e. The molecule has 0 aromatic heterocycles. The molecule has 0 heterocycles. The molecule has 0 saturated carbocycles. The molecule has 0 radical (unpaired) electrons. The molecule has 156 valence electrons. The average molecular weight is 423 g/mol. The molecule has 0 aromatic rings. The summed E-state index contributed by atoms with van der Waals surface area (Å²) in [6, 6.07) is -2.92. The number of carbonyl (C=O) groups excluding carboxylic acids is 3. The summed E-state index contributed by atoms with van der Waals surface area (Å²) in [6.45, 7) is 3.35. The quantitative estimate of drug-likeness (QED) is 0.213. The van der Waals surface area contributed by atoms with Gasteiger partial charge >= 0.3 is 5.97 Å². The molecule has 4 unspecified atom stereocenters. The van der Waals surface area contributed by atoms with Crippen molar-refractivity contribution in [1.82, 2.24) is 16.0 Å². The molecule has 9 nitrogen and oxygen atoms in total. The first kappa shape index (κ1) is 25.5. The minimum absolute atomic E-state index is 0.0257. The fourth-order valence-corrected chi connectivity index (χ4v) is 2.89. The average Bonchev–Trinajstić information content (AvgIpc) is 2.65. The molecular weight excluding hydrogens is 392 g/mol. The highest BCUT2D eigenvalue weighted by Crippen LogP contribution is 2.10. The number of thioether (sulfide) groups is 1. The third-order valence-corrected chi connectivity index (χ3v) is 5.05. The van der Waals surface area contributed by atoms with Crippen molar-refractivity contribution in [3.05, 3.63) is 0 Å². The van der Waals surface area contributed by atoms with Crippen LogP contribution >= 0.6 is 24.4 Å². The standard InChI is InChI=1S/C16H30N4O5S2/c1-4-9(2)13(15(23)19-10(16(24)25)5-6-27-3)20-14(22)11(8-26)18-12(21)7-17/h9-11,13,26H,4-8,17H2,1-3H3,(H,18,21)(H,19,23)(H,20,22)(H,24,25). The highest BCUT2D eigenvalue weighted by molar-refractivity contribution is 7.98. The van der Waals surface area contributed by atoms with Gasteiger partial charge in [0.1, 0.15) is 18.1 Å². The van der Waals surface area contributed by atoms with Crippen molar-refractivity contribution in [1.29, 1.82) is 0 Å². The van der Waals surface area contributed by atoms with Crippen LogP contribution in [0.1, 0.15) is 26.7 Å². The van der Waals surface area contributed by atoms with E-state index in [1.807, 2.05) is 13.2 Å². The number of nitrogens with one attached hydrogen (secondary N) is 3. The molecule has 0 rings (SSSR count). The molecule has 4 atom stereocenters. The highest BCUT2D eigenvalue weighted by Gasteiger charge is 2.31. The summed E-state index contributed by atoms with van der Waals surface area (Å²) in [5, 5.41) is 16.8. The number of amides is 3. The number of hydrogen-bond donors (Lipinski definition) is 6. The monoisotopic (exact) mass is 422 g/mol. The van der Waals surface area contributed by atoms with E-state index in [4.69, 9.17) is 5.73 Å². The molecule has 0 aliphatic rings. The van der Waals surface area contributed by atoms with Crippen LogP contribution < -0.4 is 21.7 Å². The van der Waals surface area contributed by atoms with Crippen LogP contribution in [0.2, 0.25) is 0 Å². The second kappa shape index (κ2) is 13.7. The van der Waals surface area contributed by atoms with Gasteiger partial charge in [-0.2, -0.15) is 24.4 Å². The Bertz CT molecular complexity index is 521. The van der Waals surface area contributed by atoms with Gasteiger partial charge in [0.05, 0.1) is 6.54 Å². The number of hydrogen-bond acceptors (Lipinski definition) is 7. The van der Waals surface area contributed by atoms with E-state index < -0.39 is 41.8 Å². The van der Waals surface area contributed by atoms with Crippen molar-refractivity contribution in [3.63, 3.8) is 0 Å². The van der Waals surface area contributed by atoms with Gasteiger partial charge in [-0.15, -0.1) is 0 Å². The van der Waals surface area contributed by atoms with Gasteiger partial charge in [-0.25, -0.2) is 4.79 Å². The molecule has 0 spiro atoms. The Kier molecular flexibility index (Phi) is 12.9. The maximum absolute atomic E-state index is 12.6. The van der Waals surface area contributed by atoms with E-state index in [0.29, 0.717) is 12.2 Å². The SMILES string of the molecule is CCC(C)C(NC(=O)C(CS)NC(=O)CN)C(=O)NC(CCSC)C(=O)O. The number of carboxylic acid groups (broad SMARTS) is 1. The molecule has 0 fully saturated rings. The summed E-state index contributed by atoms with van der Waals surface area (Å²) in [5.41, 5.74) is 5.23. The van der Waals surface area contributed by atoms with Gasteiger partial charge in [0, 0.05) is 5.75 Å². The summed E-state index contributed by atoms with van der Waals surface area (Å²) >= 11 is 5.52. The van der Waals surface area contributed by atoms with Crippen LogP contribution in [0.15, 0.2) is 0 Å². The Morgan fingerprint density at radius 3 is 2.19 bits per heavy atom. The first-order valence-corrected chi connectivity index (χ1v) is 10.7. The number of carboxylic acids is 1. The molecule has 6 N–H and O–H groups in total. The van der Waals surface area contributed by atoms with Crippen LogP contribution in [-0.4, -0.2) is 71.2 Å². The normalized spacial score (nSPS) is 15.1. The summed E-state index contributed by atoms with van der Waals surface area (Å²) in [6.07, 6.45) is 2.70. The zero-order chi connectivity index (χ0) is 21.0. The van der Waals surface area contributed by atoms with Crippen LogP contribution in [0.4, 0.5) is 0 Å². The van der Waals surface area contributed by atoms with Gasteiger partial charge in [0.25, 0.3) is 0 Å². The summed E-state index contributed by atoms with van der Waals surface area (Å²) in [7, 11) is 0. The van der Waals surface area contributed by atoms with Crippen LogP contribution in [0, 0.1) is 5.92 Å². The third-order valence-electron chi connectivity index (χ3n) is 4.04. The van der Waals surface area contributed by atoms with Crippen molar-refractivity contribution >= 4 is 48.1 Å². The maximum atomic E-state index is 12.6. The van der Waals surface area contributed by atoms with Crippen molar-refractivity contribution in [3.8, 4) is 0 Å². The van der Waals surface area contributed by atoms with E-state index in [1.165, 1.54) is 11.8 Å². The second-order valence-electron chi connectivity index (χ2n) is 6.06. The first-order chi connectivity index (χ1) is 12.7. The zero-order valence-electron chi connectivity index (χ0n) is 15.9. The van der Waals surface area contributed by atoms with Gasteiger partial charge in [-0.05, 0) is 24.3 Å². The Morgan fingerprint density at radius 2 is 1.74 bits per heavy atom. The van der Waals surface area contributed by atoms with E-state index >= 15 is 0 Å². The molecular formula is C16H30N4O5S2. The number of nitrogens with two attached hydrogens (primary N) is 1. The van der Waals surface area contributed by atoms with Crippen LogP contribution in [0.5, 0.6) is 0 Å². The second-order valence-corrected chi connectivity index (χ2v) is 7.41. The lowest BCUT2D eigenvalue weighted by Gasteiger charge is -2.27. The van der Waals surface area contributed by atoms with Crippen molar-refractivity contribution in [2.24, 2.45) is 11.7 Å². The highest BCUT2D eigenvalue weighted by atomic mass is 32.2. The summed E-state index contributed by atoms with van der Waals surface area (Å²) in [5.74, 6) is -2.44. The third kappa shape index (κ3) is 9.34. The van der Waals surface area contributed by atoms with Crippen LogP contribution in [0.3, 0.4) is 0 Å². The van der Waals surface area contributed by atoms with Gasteiger partial charge in [-0.3, -0.25) is 14.4 Å². The number of rotatable bonds is 13. The maximum Gasteiger partial charge on any atom is 0.326 e. The van der Waals surface area contributed by atoms with Gasteiger partial charge in [0.2, 0.25) is 17.7 Å². The lowest BCUT2D eigenvalue weighted by molar-refractivity contribution is -0.142. The number of aliphatic carboxylic acids is 1. The molecule has 0 aromatic carbocycles. The zero-order valence-corrected chi connectivity index (χ0v) is 17.6. The predicted molar refractivity (Wildman–Crippen MR) is 109 cm³/mol. The van der Waals surface area contributed by atoms with E-state index in [9.17, 15) is 24.3 Å². The van der Waals surface area contributed by atoms with E-state index in [0.717, 1.165) is 0 Å². The largest absolute Gasteiger partial charge is 0.480 e. The lowest BCUT2D eigenvalue weighted by atomic mass is 9.97. The van der Waals surface area contributed by atoms with Crippen molar-refractivity contribution in [2.75, 3.05) is 24.3 Å². The van der Waals surface area contributed by atoms with Crippen LogP contribution in [0.25, 0.3) is 0 Å². The van der Waals surface area contributed by atoms with E-state index in [2.05, 4.69) is 28.6 Å². The van der Waals surface area contributed by atoms with Crippen molar-refractivity contribution in [2.45, 2.75) is 44.8 Å². The molecule has 0 bridgehead atoms. The summed E-state index contributed by atoms with van der Waals surface area (Å²) in [4.78, 5) is 47.8. The Hall–Kier alpha value is -1.46. The van der Waals surface area contributed by atoms with Crippen LogP contribution in [-0.2, 0) is 19.2 Å². The lowest BCUT2D eigenvalue weighted by Crippen LogP contribution is -2.58. The molecule has 3 amide bonds. The van der Waals surface area contributed by atoms with E-state index in [1.54, 1.807) is 6.92 Å². The molecule has 27 heavy (non-hydrogen) atoms. The van der Waals surface area contributed by atoms with Crippen molar-refractivity contribution < 1.29 is 24.3 Å².